The van der Waals surface area contributed by atoms with Crippen LogP contribution in [0.4, 0.5) is 14.5 Å². The highest BCUT2D eigenvalue weighted by molar-refractivity contribution is 5.91. The highest BCUT2D eigenvalue weighted by atomic mass is 19.2. The molecule has 0 saturated heterocycles. The highest BCUT2D eigenvalue weighted by Gasteiger charge is 2.17. The number of nitrogens with one attached hydrogen (secondary N) is 1. The summed E-state index contributed by atoms with van der Waals surface area (Å²) in [4.78, 5) is 11.5. The van der Waals surface area contributed by atoms with Crippen molar-refractivity contribution in [1.82, 2.24) is 0 Å². The van der Waals surface area contributed by atoms with Crippen molar-refractivity contribution in [3.63, 3.8) is 0 Å². The summed E-state index contributed by atoms with van der Waals surface area (Å²) in [5.74, 6) is -2.31. The molecule has 1 N–H and O–H groups in total. The van der Waals surface area contributed by atoms with Crippen LogP contribution in [0.15, 0.2) is 18.2 Å². The molecule has 0 saturated carbocycles. The van der Waals surface area contributed by atoms with E-state index in [1.54, 1.807) is 0 Å². The predicted octanol–water partition coefficient (Wildman–Crippen LogP) is 3.34. The van der Waals surface area contributed by atoms with Crippen molar-refractivity contribution < 1.29 is 13.6 Å². The average molecular weight is 227 g/mol. The lowest BCUT2D eigenvalue weighted by Gasteiger charge is -2.17. The summed E-state index contributed by atoms with van der Waals surface area (Å²) in [6, 6.07) is 3.69. The second-order valence-electron chi connectivity index (χ2n) is 4.89. The molecule has 0 unspecified atom stereocenters. The Morgan fingerprint density at radius 3 is 2.50 bits per heavy atom. The van der Waals surface area contributed by atoms with Crippen LogP contribution in [-0.4, -0.2) is 5.91 Å². The SMILES string of the molecule is CC(C)(C)CC(=O)Nc1cccc(F)c1F. The average Bonchev–Trinajstić information content (AvgIpc) is 2.09. The molecule has 0 bridgehead atoms. The van der Waals surface area contributed by atoms with E-state index in [9.17, 15) is 13.6 Å². The van der Waals surface area contributed by atoms with Crippen LogP contribution in [0.5, 0.6) is 0 Å². The Bertz CT molecular complexity index is 396. The summed E-state index contributed by atoms with van der Waals surface area (Å²) in [7, 11) is 0. The molecule has 0 spiro atoms. The second-order valence-corrected chi connectivity index (χ2v) is 4.89. The number of anilines is 1. The van der Waals surface area contributed by atoms with Gasteiger partial charge >= 0.3 is 0 Å². The molecular weight excluding hydrogens is 212 g/mol. The number of benzene rings is 1. The molecule has 0 aliphatic heterocycles. The number of carbonyl (C=O) groups excluding carboxylic acids is 1. The molecule has 0 aliphatic rings. The molecule has 0 radical (unpaired) electrons. The predicted molar refractivity (Wildman–Crippen MR) is 59.1 cm³/mol. The van der Waals surface area contributed by atoms with Crippen molar-refractivity contribution in [3.05, 3.63) is 29.8 Å². The van der Waals surface area contributed by atoms with E-state index >= 15 is 0 Å². The molecule has 88 valence electrons. The lowest BCUT2D eigenvalue weighted by Crippen LogP contribution is -2.20. The van der Waals surface area contributed by atoms with Gasteiger partial charge in [0.05, 0.1) is 5.69 Å². The van der Waals surface area contributed by atoms with Gasteiger partial charge in [-0.1, -0.05) is 26.8 Å². The van der Waals surface area contributed by atoms with Gasteiger partial charge in [-0.25, -0.2) is 8.78 Å². The minimum atomic E-state index is -1.02. The fraction of sp³-hybridized carbons (Fsp3) is 0.417. The van der Waals surface area contributed by atoms with Gasteiger partial charge in [0.2, 0.25) is 5.91 Å². The fourth-order valence-corrected chi connectivity index (χ4v) is 1.28. The number of amides is 1. The Hall–Kier alpha value is -1.45. The first-order valence-electron chi connectivity index (χ1n) is 5.03. The van der Waals surface area contributed by atoms with Crippen molar-refractivity contribution in [2.24, 2.45) is 5.41 Å². The Labute approximate surface area is 93.7 Å². The van der Waals surface area contributed by atoms with Gasteiger partial charge in [0.1, 0.15) is 0 Å². The molecular formula is C12H15F2NO. The third kappa shape index (κ3) is 3.61. The molecule has 16 heavy (non-hydrogen) atoms. The molecule has 1 aromatic carbocycles. The molecule has 2 nitrogen and oxygen atoms in total. The van der Waals surface area contributed by atoms with E-state index < -0.39 is 11.6 Å². The largest absolute Gasteiger partial charge is 0.323 e. The molecule has 0 atom stereocenters. The van der Waals surface area contributed by atoms with Gasteiger partial charge in [-0.3, -0.25) is 4.79 Å². The minimum absolute atomic E-state index is 0.116. The number of hydrogen-bond acceptors (Lipinski definition) is 1. The van der Waals surface area contributed by atoms with E-state index in [0.29, 0.717) is 0 Å². The lowest BCUT2D eigenvalue weighted by molar-refractivity contribution is -0.117. The van der Waals surface area contributed by atoms with Gasteiger partial charge in [0, 0.05) is 6.42 Å². The maximum Gasteiger partial charge on any atom is 0.224 e. The van der Waals surface area contributed by atoms with Crippen LogP contribution in [0.2, 0.25) is 0 Å². The third-order valence-corrected chi connectivity index (χ3v) is 1.92. The molecule has 0 aromatic heterocycles. The smallest absolute Gasteiger partial charge is 0.224 e. The zero-order valence-corrected chi connectivity index (χ0v) is 9.60. The molecule has 1 rings (SSSR count). The second kappa shape index (κ2) is 4.60. The normalized spacial score (nSPS) is 11.3. The van der Waals surface area contributed by atoms with E-state index in [1.165, 1.54) is 12.1 Å². The van der Waals surface area contributed by atoms with Gasteiger partial charge in [-0.15, -0.1) is 0 Å². The van der Waals surface area contributed by atoms with Crippen LogP contribution >= 0.6 is 0 Å². The number of hydrogen-bond donors (Lipinski definition) is 1. The Morgan fingerprint density at radius 1 is 1.31 bits per heavy atom. The van der Waals surface area contributed by atoms with Gasteiger partial charge in [-0.2, -0.15) is 0 Å². The zero-order valence-electron chi connectivity index (χ0n) is 9.60. The molecule has 4 heteroatoms. The highest BCUT2D eigenvalue weighted by Crippen LogP contribution is 2.21. The van der Waals surface area contributed by atoms with Crippen molar-refractivity contribution in [2.45, 2.75) is 27.2 Å². The number of halogens is 2. The maximum absolute atomic E-state index is 13.2. The molecule has 1 aromatic rings. The first-order valence-corrected chi connectivity index (χ1v) is 5.03. The lowest BCUT2D eigenvalue weighted by atomic mass is 9.92. The van der Waals surface area contributed by atoms with Crippen LogP contribution in [0.1, 0.15) is 27.2 Å². The maximum atomic E-state index is 13.2. The van der Waals surface area contributed by atoms with E-state index in [0.717, 1.165) is 6.07 Å². The first kappa shape index (κ1) is 12.6. The van der Waals surface area contributed by atoms with Crippen molar-refractivity contribution in [1.29, 1.82) is 0 Å². The van der Waals surface area contributed by atoms with Crippen molar-refractivity contribution >= 4 is 11.6 Å². The van der Waals surface area contributed by atoms with Crippen LogP contribution in [-0.2, 0) is 4.79 Å². The standard InChI is InChI=1S/C12H15F2NO/c1-12(2,3)7-10(16)15-9-6-4-5-8(13)11(9)14/h4-6H,7H2,1-3H3,(H,15,16). The number of carbonyl (C=O) groups is 1. The fourth-order valence-electron chi connectivity index (χ4n) is 1.28. The van der Waals surface area contributed by atoms with Gasteiger partial charge in [0.25, 0.3) is 0 Å². The van der Waals surface area contributed by atoms with Crippen LogP contribution in [0, 0.1) is 17.0 Å². The summed E-state index contributed by atoms with van der Waals surface area (Å²) in [6.07, 6.45) is 0.253. The van der Waals surface area contributed by atoms with E-state index in [4.69, 9.17) is 0 Å². The Balaban J connectivity index is 2.74. The quantitative estimate of drug-likeness (QED) is 0.824. The van der Waals surface area contributed by atoms with Crippen molar-refractivity contribution in [3.8, 4) is 0 Å². The Kier molecular flexibility index (Phi) is 3.62. The van der Waals surface area contributed by atoms with Gasteiger partial charge < -0.3 is 5.32 Å². The summed E-state index contributed by atoms with van der Waals surface area (Å²) < 4.78 is 26.0. The van der Waals surface area contributed by atoms with Gasteiger partial charge in [0.15, 0.2) is 11.6 Å². The van der Waals surface area contributed by atoms with Crippen LogP contribution in [0.25, 0.3) is 0 Å². The molecule has 0 heterocycles. The first-order chi connectivity index (χ1) is 7.29. The molecule has 0 aliphatic carbocycles. The zero-order chi connectivity index (χ0) is 12.3. The summed E-state index contributed by atoms with van der Waals surface area (Å²) in [5.41, 5.74) is -0.303. The molecule has 1 amide bonds. The Morgan fingerprint density at radius 2 is 1.94 bits per heavy atom. The molecule has 0 fully saturated rings. The van der Waals surface area contributed by atoms with E-state index in [1.807, 2.05) is 20.8 Å². The van der Waals surface area contributed by atoms with Crippen LogP contribution < -0.4 is 5.32 Å². The topological polar surface area (TPSA) is 29.1 Å². The minimum Gasteiger partial charge on any atom is -0.323 e. The summed E-state index contributed by atoms with van der Waals surface area (Å²) in [6.45, 7) is 5.69. The van der Waals surface area contributed by atoms with Crippen LogP contribution in [0.3, 0.4) is 0 Å². The van der Waals surface area contributed by atoms with E-state index in [2.05, 4.69) is 5.32 Å². The number of rotatable bonds is 2. The summed E-state index contributed by atoms with van der Waals surface area (Å²) >= 11 is 0. The van der Waals surface area contributed by atoms with Crippen molar-refractivity contribution in [2.75, 3.05) is 5.32 Å². The summed E-state index contributed by atoms with van der Waals surface area (Å²) in [5, 5.41) is 2.35. The van der Waals surface area contributed by atoms with Gasteiger partial charge in [-0.05, 0) is 17.5 Å². The third-order valence-electron chi connectivity index (χ3n) is 1.92. The van der Waals surface area contributed by atoms with E-state index in [-0.39, 0.29) is 23.4 Å². The monoisotopic (exact) mass is 227 g/mol.